The van der Waals surface area contributed by atoms with E-state index >= 15 is 0 Å². The third-order valence-electron chi connectivity index (χ3n) is 4.12. The molecule has 0 aliphatic carbocycles. The summed E-state index contributed by atoms with van der Waals surface area (Å²) in [6.45, 7) is 4.51. The van der Waals surface area contributed by atoms with Crippen LogP contribution in [0.15, 0.2) is 46.4 Å². The summed E-state index contributed by atoms with van der Waals surface area (Å²) < 4.78 is 5.58. The predicted molar refractivity (Wildman–Crippen MR) is 92.6 cm³/mol. The lowest BCUT2D eigenvalue weighted by Crippen LogP contribution is -2.39. The van der Waals surface area contributed by atoms with E-state index in [4.69, 9.17) is 4.42 Å². The Balaban J connectivity index is 1.56. The number of nitrogens with one attached hydrogen (secondary N) is 1. The van der Waals surface area contributed by atoms with E-state index in [-0.39, 0.29) is 17.2 Å². The fraction of sp³-hybridized carbons (Fsp3) is 0.471. The Kier molecular flexibility index (Phi) is 5.87. The van der Waals surface area contributed by atoms with Crippen LogP contribution in [-0.2, 0) is 4.79 Å². The molecular formula is C17H22N4O2S. The van der Waals surface area contributed by atoms with Gasteiger partial charge in [-0.25, -0.2) is 9.97 Å². The zero-order valence-corrected chi connectivity index (χ0v) is 14.5. The number of amides is 1. The van der Waals surface area contributed by atoms with Gasteiger partial charge in [0.05, 0.1) is 17.6 Å². The first kappa shape index (κ1) is 17.0. The Bertz CT molecular complexity index is 629. The molecule has 7 heteroatoms. The van der Waals surface area contributed by atoms with Crippen LogP contribution in [0.25, 0.3) is 0 Å². The van der Waals surface area contributed by atoms with Crippen LogP contribution in [0.1, 0.15) is 31.6 Å². The second-order valence-electron chi connectivity index (χ2n) is 5.81. The first-order chi connectivity index (χ1) is 11.7. The molecule has 2 atom stereocenters. The Morgan fingerprint density at radius 1 is 1.33 bits per heavy atom. The topological polar surface area (TPSA) is 71.3 Å². The summed E-state index contributed by atoms with van der Waals surface area (Å²) in [6.07, 6.45) is 7.44. The molecule has 128 valence electrons. The van der Waals surface area contributed by atoms with Crippen molar-refractivity contribution in [3.63, 3.8) is 0 Å². The number of nitrogens with zero attached hydrogens (tertiary/aromatic N) is 3. The maximum Gasteiger partial charge on any atom is 0.233 e. The minimum atomic E-state index is -0.247. The average molecular weight is 346 g/mol. The Hall–Kier alpha value is -1.86. The van der Waals surface area contributed by atoms with Gasteiger partial charge in [-0.1, -0.05) is 11.8 Å². The summed E-state index contributed by atoms with van der Waals surface area (Å²) in [6, 6.07) is 5.73. The molecule has 1 aliphatic heterocycles. The van der Waals surface area contributed by atoms with E-state index in [9.17, 15) is 4.79 Å². The molecule has 3 heterocycles. The van der Waals surface area contributed by atoms with Crippen LogP contribution in [0.3, 0.4) is 0 Å². The van der Waals surface area contributed by atoms with Crippen LogP contribution in [-0.4, -0.2) is 45.7 Å². The summed E-state index contributed by atoms with van der Waals surface area (Å²) in [4.78, 5) is 23.1. The first-order valence-corrected chi connectivity index (χ1v) is 9.11. The molecule has 1 saturated heterocycles. The fourth-order valence-corrected chi connectivity index (χ4v) is 3.59. The normalized spacial score (nSPS) is 17.5. The number of thioether (sulfide) groups is 1. The van der Waals surface area contributed by atoms with E-state index in [1.807, 2.05) is 19.1 Å². The van der Waals surface area contributed by atoms with Gasteiger partial charge >= 0.3 is 0 Å². The summed E-state index contributed by atoms with van der Waals surface area (Å²) in [5.74, 6) is 0.895. The second kappa shape index (κ2) is 8.30. The van der Waals surface area contributed by atoms with Gasteiger partial charge in [0.25, 0.3) is 0 Å². The van der Waals surface area contributed by atoms with Crippen LogP contribution in [0.4, 0.5) is 0 Å². The average Bonchev–Trinajstić information content (AvgIpc) is 3.30. The second-order valence-corrected chi connectivity index (χ2v) is 7.12. The number of hydrogen-bond acceptors (Lipinski definition) is 6. The molecule has 0 radical (unpaired) electrons. The number of likely N-dealkylation sites (tertiary alicyclic amines) is 1. The highest BCUT2D eigenvalue weighted by Crippen LogP contribution is 2.25. The van der Waals surface area contributed by atoms with E-state index in [2.05, 4.69) is 20.2 Å². The van der Waals surface area contributed by atoms with E-state index in [0.717, 1.165) is 18.8 Å². The minimum absolute atomic E-state index is 0.0109. The van der Waals surface area contributed by atoms with Gasteiger partial charge in [0.1, 0.15) is 5.76 Å². The lowest BCUT2D eigenvalue weighted by atomic mass is 10.2. The Morgan fingerprint density at radius 3 is 2.75 bits per heavy atom. The van der Waals surface area contributed by atoms with Gasteiger partial charge in [0, 0.05) is 18.9 Å². The minimum Gasteiger partial charge on any atom is -0.468 e. The van der Waals surface area contributed by atoms with Crippen molar-refractivity contribution in [2.24, 2.45) is 0 Å². The molecule has 24 heavy (non-hydrogen) atoms. The van der Waals surface area contributed by atoms with E-state index in [1.54, 1.807) is 24.7 Å². The van der Waals surface area contributed by atoms with Crippen molar-refractivity contribution in [1.82, 2.24) is 20.2 Å². The largest absolute Gasteiger partial charge is 0.468 e. The SMILES string of the molecule is C[C@@H](Sc1ncccn1)C(=O)NC[C@@H](c1ccco1)N1CCCC1. The molecule has 1 aliphatic rings. The molecule has 0 unspecified atom stereocenters. The number of carbonyl (C=O) groups is 1. The maximum atomic E-state index is 12.4. The lowest BCUT2D eigenvalue weighted by Gasteiger charge is -2.26. The standard InChI is InChI=1S/C17H22N4O2S/c1-13(24-17-18-7-5-8-19-17)16(22)20-12-14(15-6-4-11-23-15)21-9-2-3-10-21/h4-8,11,13-14H,2-3,9-10,12H2,1H3,(H,20,22)/t13-,14+/m1/s1. The molecule has 1 fully saturated rings. The molecule has 0 saturated carbocycles. The molecule has 0 aromatic carbocycles. The third kappa shape index (κ3) is 4.36. The van der Waals surface area contributed by atoms with Gasteiger partial charge in [0.15, 0.2) is 5.16 Å². The number of aromatic nitrogens is 2. The fourth-order valence-electron chi connectivity index (χ4n) is 2.84. The van der Waals surface area contributed by atoms with Crippen molar-refractivity contribution in [3.8, 4) is 0 Å². The molecule has 6 nitrogen and oxygen atoms in total. The van der Waals surface area contributed by atoms with Crippen molar-refractivity contribution in [1.29, 1.82) is 0 Å². The van der Waals surface area contributed by atoms with E-state index < -0.39 is 0 Å². The number of furan rings is 1. The van der Waals surface area contributed by atoms with Crippen molar-refractivity contribution in [2.45, 2.75) is 36.2 Å². The molecule has 3 rings (SSSR count). The van der Waals surface area contributed by atoms with E-state index in [1.165, 1.54) is 24.6 Å². The van der Waals surface area contributed by atoms with Gasteiger partial charge in [-0.3, -0.25) is 9.69 Å². The zero-order valence-electron chi connectivity index (χ0n) is 13.7. The van der Waals surface area contributed by atoms with Crippen molar-refractivity contribution in [2.75, 3.05) is 19.6 Å². The highest BCUT2D eigenvalue weighted by molar-refractivity contribution is 8.00. The molecule has 2 aromatic rings. The van der Waals surface area contributed by atoms with Crippen LogP contribution in [0.5, 0.6) is 0 Å². The lowest BCUT2D eigenvalue weighted by molar-refractivity contribution is -0.120. The molecular weight excluding hydrogens is 324 g/mol. The number of carbonyl (C=O) groups excluding carboxylic acids is 1. The van der Waals surface area contributed by atoms with Gasteiger partial charge in [-0.15, -0.1) is 0 Å². The van der Waals surface area contributed by atoms with Crippen LogP contribution < -0.4 is 5.32 Å². The van der Waals surface area contributed by atoms with Crippen molar-refractivity contribution < 1.29 is 9.21 Å². The quantitative estimate of drug-likeness (QED) is 0.613. The maximum absolute atomic E-state index is 12.4. The van der Waals surface area contributed by atoms with Crippen LogP contribution in [0, 0.1) is 0 Å². The zero-order chi connectivity index (χ0) is 16.8. The van der Waals surface area contributed by atoms with Gasteiger partial charge in [-0.05, 0) is 51.1 Å². The summed E-state index contributed by atoms with van der Waals surface area (Å²) in [7, 11) is 0. The first-order valence-electron chi connectivity index (χ1n) is 8.23. The Morgan fingerprint density at radius 2 is 2.08 bits per heavy atom. The molecule has 2 aromatic heterocycles. The molecule has 0 spiro atoms. The van der Waals surface area contributed by atoms with Gasteiger partial charge < -0.3 is 9.73 Å². The molecule has 1 N–H and O–H groups in total. The third-order valence-corrected chi connectivity index (χ3v) is 5.11. The predicted octanol–water partition coefficient (Wildman–Crippen LogP) is 2.50. The van der Waals surface area contributed by atoms with Crippen molar-refractivity contribution >= 4 is 17.7 Å². The van der Waals surface area contributed by atoms with Crippen LogP contribution in [0.2, 0.25) is 0 Å². The smallest absolute Gasteiger partial charge is 0.233 e. The highest BCUT2D eigenvalue weighted by Gasteiger charge is 2.26. The molecule has 1 amide bonds. The van der Waals surface area contributed by atoms with Gasteiger partial charge in [-0.2, -0.15) is 0 Å². The Labute approximate surface area is 146 Å². The number of rotatable bonds is 7. The highest BCUT2D eigenvalue weighted by atomic mass is 32.2. The van der Waals surface area contributed by atoms with E-state index in [0.29, 0.717) is 11.7 Å². The summed E-state index contributed by atoms with van der Waals surface area (Å²) in [5.41, 5.74) is 0. The van der Waals surface area contributed by atoms with Crippen LogP contribution >= 0.6 is 11.8 Å². The summed E-state index contributed by atoms with van der Waals surface area (Å²) in [5, 5.41) is 3.42. The molecule has 0 bridgehead atoms. The van der Waals surface area contributed by atoms with Crippen molar-refractivity contribution in [3.05, 3.63) is 42.6 Å². The summed E-state index contributed by atoms with van der Waals surface area (Å²) >= 11 is 1.36. The monoisotopic (exact) mass is 346 g/mol. The van der Waals surface area contributed by atoms with Gasteiger partial charge in [0.2, 0.25) is 5.91 Å². The number of hydrogen-bond donors (Lipinski definition) is 1.